The predicted molar refractivity (Wildman–Crippen MR) is 56.9 cm³/mol. The van der Waals surface area contributed by atoms with E-state index in [0.29, 0.717) is 11.6 Å². The van der Waals surface area contributed by atoms with Gasteiger partial charge in [0.05, 0.1) is 6.04 Å². The minimum Gasteiger partial charge on any atom is -0.368 e. The van der Waals surface area contributed by atoms with Crippen LogP contribution < -0.4 is 11.1 Å². The SMILES string of the molecule is CC(NCc1ccccc1Cl)C(N)=O. The first kappa shape index (κ1) is 11.0. The maximum absolute atomic E-state index is 10.7. The quantitative estimate of drug-likeness (QED) is 0.791. The molecule has 0 saturated carbocycles. The first-order valence-electron chi connectivity index (χ1n) is 4.37. The van der Waals surface area contributed by atoms with Crippen molar-refractivity contribution in [3.63, 3.8) is 0 Å². The maximum atomic E-state index is 10.7. The number of rotatable bonds is 4. The van der Waals surface area contributed by atoms with Crippen molar-refractivity contribution in [1.29, 1.82) is 0 Å². The van der Waals surface area contributed by atoms with Crippen LogP contribution in [0.3, 0.4) is 0 Å². The number of benzene rings is 1. The van der Waals surface area contributed by atoms with Crippen molar-refractivity contribution in [3.05, 3.63) is 34.9 Å². The molecule has 0 saturated heterocycles. The van der Waals surface area contributed by atoms with Gasteiger partial charge in [0, 0.05) is 11.6 Å². The van der Waals surface area contributed by atoms with Crippen molar-refractivity contribution in [2.45, 2.75) is 19.5 Å². The lowest BCUT2D eigenvalue weighted by Gasteiger charge is -2.10. The topological polar surface area (TPSA) is 55.1 Å². The Morgan fingerprint density at radius 3 is 2.79 bits per heavy atom. The second-order valence-electron chi connectivity index (χ2n) is 3.10. The van der Waals surface area contributed by atoms with E-state index in [-0.39, 0.29) is 11.9 Å². The highest BCUT2D eigenvalue weighted by Gasteiger charge is 2.07. The largest absolute Gasteiger partial charge is 0.368 e. The zero-order valence-electron chi connectivity index (χ0n) is 7.96. The summed E-state index contributed by atoms with van der Waals surface area (Å²) in [7, 11) is 0. The van der Waals surface area contributed by atoms with Crippen molar-refractivity contribution >= 4 is 17.5 Å². The van der Waals surface area contributed by atoms with E-state index in [9.17, 15) is 4.79 Å². The van der Waals surface area contributed by atoms with Gasteiger partial charge < -0.3 is 11.1 Å². The molecule has 4 heteroatoms. The Morgan fingerprint density at radius 1 is 1.57 bits per heavy atom. The molecule has 14 heavy (non-hydrogen) atoms. The molecule has 0 aliphatic rings. The molecule has 0 bridgehead atoms. The van der Waals surface area contributed by atoms with Crippen LogP contribution in [0.15, 0.2) is 24.3 Å². The van der Waals surface area contributed by atoms with Crippen LogP contribution in [-0.4, -0.2) is 11.9 Å². The Bertz CT molecular complexity index is 328. The van der Waals surface area contributed by atoms with Gasteiger partial charge in [0.15, 0.2) is 0 Å². The maximum Gasteiger partial charge on any atom is 0.234 e. The van der Waals surface area contributed by atoms with Gasteiger partial charge in [0.25, 0.3) is 0 Å². The smallest absolute Gasteiger partial charge is 0.234 e. The summed E-state index contributed by atoms with van der Waals surface area (Å²) in [6.45, 7) is 2.27. The fourth-order valence-corrected chi connectivity index (χ4v) is 1.21. The van der Waals surface area contributed by atoms with Crippen LogP contribution >= 0.6 is 11.6 Å². The van der Waals surface area contributed by atoms with Gasteiger partial charge >= 0.3 is 0 Å². The number of halogens is 1. The normalized spacial score (nSPS) is 12.4. The molecule has 0 aliphatic heterocycles. The first-order chi connectivity index (χ1) is 6.61. The highest BCUT2D eigenvalue weighted by Crippen LogP contribution is 2.14. The highest BCUT2D eigenvalue weighted by molar-refractivity contribution is 6.31. The molecule has 0 fully saturated rings. The summed E-state index contributed by atoms with van der Waals surface area (Å²) in [4.78, 5) is 10.7. The number of amides is 1. The van der Waals surface area contributed by atoms with Crippen molar-refractivity contribution < 1.29 is 4.79 Å². The lowest BCUT2D eigenvalue weighted by molar-refractivity contribution is -0.119. The molecule has 76 valence electrons. The third-order valence-corrected chi connectivity index (χ3v) is 2.35. The van der Waals surface area contributed by atoms with Gasteiger partial charge in [-0.15, -0.1) is 0 Å². The first-order valence-corrected chi connectivity index (χ1v) is 4.75. The van der Waals surface area contributed by atoms with Gasteiger partial charge in [-0.05, 0) is 18.6 Å². The van der Waals surface area contributed by atoms with Crippen LogP contribution in [0.5, 0.6) is 0 Å². The fraction of sp³-hybridized carbons (Fsp3) is 0.300. The number of hydrogen-bond acceptors (Lipinski definition) is 2. The van der Waals surface area contributed by atoms with Crippen LogP contribution in [0, 0.1) is 0 Å². The van der Waals surface area contributed by atoms with Gasteiger partial charge in [-0.1, -0.05) is 29.8 Å². The van der Waals surface area contributed by atoms with Gasteiger partial charge in [-0.25, -0.2) is 0 Å². The Balaban J connectivity index is 2.54. The van der Waals surface area contributed by atoms with E-state index in [1.807, 2.05) is 24.3 Å². The summed E-state index contributed by atoms with van der Waals surface area (Å²) in [6, 6.07) is 7.14. The third kappa shape index (κ3) is 3.01. The lowest BCUT2D eigenvalue weighted by atomic mass is 10.2. The molecule has 3 N–H and O–H groups in total. The van der Waals surface area contributed by atoms with Gasteiger partial charge in [-0.2, -0.15) is 0 Å². The molecule has 1 atom stereocenters. The zero-order valence-corrected chi connectivity index (χ0v) is 8.71. The monoisotopic (exact) mass is 212 g/mol. The minimum absolute atomic E-state index is 0.341. The fourth-order valence-electron chi connectivity index (χ4n) is 1.01. The summed E-state index contributed by atoms with van der Waals surface area (Å²) in [5.41, 5.74) is 6.06. The Labute approximate surface area is 88.2 Å². The van der Waals surface area contributed by atoms with E-state index in [0.717, 1.165) is 5.56 Å². The number of nitrogens with one attached hydrogen (secondary N) is 1. The second-order valence-corrected chi connectivity index (χ2v) is 3.50. The average Bonchev–Trinajstić information content (AvgIpc) is 2.16. The number of carbonyl (C=O) groups excluding carboxylic acids is 1. The van der Waals surface area contributed by atoms with Crippen LogP contribution in [0.25, 0.3) is 0 Å². The molecular formula is C10H13ClN2O. The van der Waals surface area contributed by atoms with Crippen LogP contribution in [0.4, 0.5) is 0 Å². The third-order valence-electron chi connectivity index (χ3n) is 1.98. The molecule has 0 aliphatic carbocycles. The number of hydrogen-bond donors (Lipinski definition) is 2. The van der Waals surface area contributed by atoms with Gasteiger partial charge in [0.1, 0.15) is 0 Å². The van der Waals surface area contributed by atoms with Crippen molar-refractivity contribution in [2.24, 2.45) is 5.73 Å². The summed E-state index contributed by atoms with van der Waals surface area (Å²) < 4.78 is 0. The standard InChI is InChI=1S/C10H13ClN2O/c1-7(10(12)14)13-6-8-4-2-3-5-9(8)11/h2-5,7,13H,6H2,1H3,(H2,12,14). The predicted octanol–water partition coefficient (Wildman–Crippen LogP) is 1.30. The Kier molecular flexibility index (Phi) is 3.92. The molecule has 0 aromatic heterocycles. The summed E-state index contributed by atoms with van der Waals surface area (Å²) in [6.07, 6.45) is 0. The van der Waals surface area contributed by atoms with E-state index in [1.54, 1.807) is 6.92 Å². The van der Waals surface area contributed by atoms with Gasteiger partial charge in [0.2, 0.25) is 5.91 Å². The Hall–Kier alpha value is -1.06. The van der Waals surface area contributed by atoms with Crippen LogP contribution in [0.1, 0.15) is 12.5 Å². The van der Waals surface area contributed by atoms with Crippen molar-refractivity contribution in [3.8, 4) is 0 Å². The van der Waals surface area contributed by atoms with Gasteiger partial charge in [-0.3, -0.25) is 4.79 Å². The zero-order chi connectivity index (χ0) is 10.6. The average molecular weight is 213 g/mol. The van der Waals surface area contributed by atoms with E-state index in [2.05, 4.69) is 5.32 Å². The van der Waals surface area contributed by atoms with Crippen molar-refractivity contribution in [1.82, 2.24) is 5.32 Å². The van der Waals surface area contributed by atoms with Crippen LogP contribution in [0.2, 0.25) is 5.02 Å². The second kappa shape index (κ2) is 4.98. The highest BCUT2D eigenvalue weighted by atomic mass is 35.5. The molecule has 1 unspecified atom stereocenters. The van der Waals surface area contributed by atoms with Crippen LogP contribution in [-0.2, 0) is 11.3 Å². The number of primary amides is 1. The molecule has 1 aromatic rings. The molecule has 0 spiro atoms. The lowest BCUT2D eigenvalue weighted by Crippen LogP contribution is -2.38. The number of nitrogens with two attached hydrogens (primary N) is 1. The van der Waals surface area contributed by atoms with E-state index < -0.39 is 0 Å². The van der Waals surface area contributed by atoms with Crippen molar-refractivity contribution in [2.75, 3.05) is 0 Å². The number of carbonyl (C=O) groups is 1. The summed E-state index contributed by atoms with van der Waals surface area (Å²) in [5.74, 6) is -0.364. The Morgan fingerprint density at radius 2 is 2.21 bits per heavy atom. The molecule has 1 aromatic carbocycles. The molecule has 0 radical (unpaired) electrons. The molecule has 0 heterocycles. The summed E-state index contributed by atoms with van der Waals surface area (Å²) in [5, 5.41) is 3.67. The van der Waals surface area contributed by atoms with E-state index in [4.69, 9.17) is 17.3 Å². The van der Waals surface area contributed by atoms with E-state index >= 15 is 0 Å². The summed E-state index contributed by atoms with van der Waals surface area (Å²) >= 11 is 5.93. The molecular weight excluding hydrogens is 200 g/mol. The molecule has 3 nitrogen and oxygen atoms in total. The molecule has 1 rings (SSSR count). The molecule has 1 amide bonds. The minimum atomic E-state index is -0.364. The van der Waals surface area contributed by atoms with E-state index in [1.165, 1.54) is 0 Å².